The second kappa shape index (κ2) is 6.95. The molecule has 0 heterocycles. The van der Waals surface area contributed by atoms with Gasteiger partial charge in [0.15, 0.2) is 0 Å². The van der Waals surface area contributed by atoms with E-state index in [2.05, 4.69) is 27.4 Å². The maximum absolute atomic E-state index is 5.89. The van der Waals surface area contributed by atoms with Crippen molar-refractivity contribution in [2.45, 2.75) is 45.3 Å². The number of allylic oxidation sites excluding steroid dienone is 2. The molecule has 0 N–H and O–H groups in total. The molecule has 0 spiro atoms. The van der Waals surface area contributed by atoms with Gasteiger partial charge in [0.05, 0.1) is 6.26 Å². The fourth-order valence-electron chi connectivity index (χ4n) is 1.34. The minimum atomic E-state index is -1.39. The Balaban J connectivity index is 4.01. The van der Waals surface area contributed by atoms with Gasteiger partial charge in [-0.3, -0.25) is 0 Å². The third-order valence-corrected chi connectivity index (χ3v) is 7.15. The summed E-state index contributed by atoms with van der Waals surface area (Å²) in [6, 6.07) is 3.62. The Labute approximate surface area is 83.6 Å². The zero-order valence-electron chi connectivity index (χ0n) is 9.18. The third kappa shape index (κ3) is 4.32. The van der Waals surface area contributed by atoms with Crippen LogP contribution in [0.4, 0.5) is 0 Å². The van der Waals surface area contributed by atoms with Gasteiger partial charge in [-0.05, 0) is 30.6 Å². The van der Waals surface area contributed by atoms with Gasteiger partial charge in [0.2, 0.25) is 8.32 Å². The van der Waals surface area contributed by atoms with Crippen molar-refractivity contribution in [3.05, 3.63) is 25.0 Å². The molecule has 13 heavy (non-hydrogen) atoms. The molecule has 0 aromatic carbocycles. The van der Waals surface area contributed by atoms with Gasteiger partial charge >= 0.3 is 0 Å². The Kier molecular flexibility index (Phi) is 6.68. The Morgan fingerprint density at radius 3 is 2.08 bits per heavy atom. The van der Waals surface area contributed by atoms with Crippen molar-refractivity contribution in [1.82, 2.24) is 0 Å². The minimum absolute atomic E-state index is 0.904. The molecule has 0 aliphatic carbocycles. The van der Waals surface area contributed by atoms with Crippen LogP contribution in [0.3, 0.4) is 0 Å². The Bertz CT molecular complexity index is 151. The predicted molar refractivity (Wildman–Crippen MR) is 62.2 cm³/mol. The Morgan fingerprint density at radius 1 is 1.15 bits per heavy atom. The maximum Gasteiger partial charge on any atom is 0.249 e. The van der Waals surface area contributed by atoms with Crippen molar-refractivity contribution in [2.75, 3.05) is 0 Å². The molecule has 0 radical (unpaired) electrons. The molecule has 2 heteroatoms. The number of hydrogen-bond acceptors (Lipinski definition) is 1. The molecule has 0 saturated heterocycles. The van der Waals surface area contributed by atoms with Crippen LogP contribution in [0.2, 0.25) is 18.1 Å². The first-order valence-electron chi connectivity index (χ1n) is 5.18. The number of rotatable bonds is 7. The van der Waals surface area contributed by atoms with Gasteiger partial charge < -0.3 is 4.43 Å². The first-order chi connectivity index (χ1) is 6.24. The molecule has 0 fully saturated rings. The summed E-state index contributed by atoms with van der Waals surface area (Å²) >= 11 is 0. The fourth-order valence-corrected chi connectivity index (χ4v) is 3.73. The van der Waals surface area contributed by atoms with Crippen LogP contribution in [0.25, 0.3) is 0 Å². The lowest BCUT2D eigenvalue weighted by Gasteiger charge is -2.26. The summed E-state index contributed by atoms with van der Waals surface area (Å²) in [6.45, 7) is 10.4. The van der Waals surface area contributed by atoms with E-state index in [1.807, 2.05) is 18.4 Å². The summed E-state index contributed by atoms with van der Waals surface area (Å²) in [6.07, 6.45) is 6.70. The topological polar surface area (TPSA) is 9.23 Å². The Hall–Kier alpha value is -0.503. The standard InChI is InChI=1S/C11H22OSi/c1-5-9-10-11-12-13(6-2,7-3)8-4/h5,10-11H,1,6-9H2,2-4H3/b11-10+. The van der Waals surface area contributed by atoms with E-state index in [-0.39, 0.29) is 0 Å². The van der Waals surface area contributed by atoms with E-state index in [0.717, 1.165) is 6.42 Å². The highest BCUT2D eigenvalue weighted by Crippen LogP contribution is 2.21. The van der Waals surface area contributed by atoms with Gasteiger partial charge in [-0.2, -0.15) is 0 Å². The molecule has 0 amide bonds. The van der Waals surface area contributed by atoms with Crippen LogP contribution in [0.1, 0.15) is 27.2 Å². The molecule has 0 bridgehead atoms. The first kappa shape index (κ1) is 12.5. The van der Waals surface area contributed by atoms with E-state index >= 15 is 0 Å². The quantitative estimate of drug-likeness (QED) is 0.340. The molecule has 0 atom stereocenters. The molecule has 1 nitrogen and oxygen atoms in total. The lowest BCUT2D eigenvalue weighted by atomic mass is 10.4. The van der Waals surface area contributed by atoms with Crippen molar-refractivity contribution in [2.24, 2.45) is 0 Å². The summed E-state index contributed by atoms with van der Waals surface area (Å²) in [7, 11) is -1.39. The monoisotopic (exact) mass is 198 g/mol. The van der Waals surface area contributed by atoms with Gasteiger partial charge in [-0.25, -0.2) is 0 Å². The van der Waals surface area contributed by atoms with Crippen LogP contribution in [-0.2, 0) is 4.43 Å². The van der Waals surface area contributed by atoms with Gasteiger partial charge in [0.1, 0.15) is 0 Å². The second-order valence-corrected chi connectivity index (χ2v) is 7.98. The highest BCUT2D eigenvalue weighted by Gasteiger charge is 2.28. The Morgan fingerprint density at radius 2 is 1.69 bits per heavy atom. The van der Waals surface area contributed by atoms with Crippen molar-refractivity contribution in [1.29, 1.82) is 0 Å². The van der Waals surface area contributed by atoms with E-state index in [0.29, 0.717) is 0 Å². The third-order valence-electron chi connectivity index (χ3n) is 2.65. The lowest BCUT2D eigenvalue weighted by Crippen LogP contribution is -2.33. The van der Waals surface area contributed by atoms with Crippen LogP contribution in [0.5, 0.6) is 0 Å². The molecule has 0 saturated carbocycles. The van der Waals surface area contributed by atoms with Gasteiger partial charge in [0, 0.05) is 0 Å². The highest BCUT2D eigenvalue weighted by atomic mass is 28.4. The smallest absolute Gasteiger partial charge is 0.249 e. The van der Waals surface area contributed by atoms with Crippen LogP contribution < -0.4 is 0 Å². The van der Waals surface area contributed by atoms with E-state index in [4.69, 9.17) is 4.43 Å². The van der Waals surface area contributed by atoms with Crippen molar-refractivity contribution >= 4 is 8.32 Å². The summed E-state index contributed by atoms with van der Waals surface area (Å²) in [5.41, 5.74) is 0. The van der Waals surface area contributed by atoms with Gasteiger partial charge in [0.25, 0.3) is 0 Å². The summed E-state index contributed by atoms with van der Waals surface area (Å²) in [5, 5.41) is 0. The highest BCUT2D eigenvalue weighted by molar-refractivity contribution is 6.73. The zero-order valence-corrected chi connectivity index (χ0v) is 10.2. The molecule has 76 valence electrons. The minimum Gasteiger partial charge on any atom is -0.549 e. The normalized spacial score (nSPS) is 11.9. The number of hydrogen-bond donors (Lipinski definition) is 0. The van der Waals surface area contributed by atoms with E-state index < -0.39 is 8.32 Å². The van der Waals surface area contributed by atoms with E-state index in [9.17, 15) is 0 Å². The van der Waals surface area contributed by atoms with Crippen molar-refractivity contribution in [3.8, 4) is 0 Å². The summed E-state index contributed by atoms with van der Waals surface area (Å²) in [4.78, 5) is 0. The molecule has 0 aromatic heterocycles. The summed E-state index contributed by atoms with van der Waals surface area (Å²) < 4.78 is 5.89. The second-order valence-electron chi connectivity index (χ2n) is 3.26. The molecule has 0 aliphatic rings. The van der Waals surface area contributed by atoms with Crippen LogP contribution >= 0.6 is 0 Å². The van der Waals surface area contributed by atoms with Crippen LogP contribution in [0.15, 0.2) is 25.0 Å². The van der Waals surface area contributed by atoms with E-state index in [1.54, 1.807) is 0 Å². The lowest BCUT2D eigenvalue weighted by molar-refractivity contribution is 0.456. The van der Waals surface area contributed by atoms with Crippen LogP contribution in [-0.4, -0.2) is 8.32 Å². The van der Waals surface area contributed by atoms with Crippen molar-refractivity contribution in [3.63, 3.8) is 0 Å². The largest absolute Gasteiger partial charge is 0.549 e. The summed E-state index contributed by atoms with van der Waals surface area (Å²) in [5.74, 6) is 0. The predicted octanol–water partition coefficient (Wildman–Crippen LogP) is 4.10. The fraction of sp³-hybridized carbons (Fsp3) is 0.636. The molecule has 0 unspecified atom stereocenters. The molecular weight excluding hydrogens is 176 g/mol. The van der Waals surface area contributed by atoms with Crippen LogP contribution in [0, 0.1) is 0 Å². The SMILES string of the molecule is C=CC/C=C/O[Si](CC)(CC)CC. The average molecular weight is 198 g/mol. The zero-order chi connectivity index (χ0) is 10.2. The molecule has 0 aliphatic heterocycles. The van der Waals surface area contributed by atoms with Crippen molar-refractivity contribution < 1.29 is 4.43 Å². The van der Waals surface area contributed by atoms with Gasteiger partial charge in [-0.1, -0.05) is 26.8 Å². The molecule has 0 aromatic rings. The van der Waals surface area contributed by atoms with E-state index in [1.165, 1.54) is 18.1 Å². The average Bonchev–Trinajstić information content (AvgIpc) is 2.20. The molecular formula is C11H22OSi. The first-order valence-corrected chi connectivity index (χ1v) is 7.71. The van der Waals surface area contributed by atoms with Gasteiger partial charge in [-0.15, -0.1) is 6.58 Å². The molecule has 0 rings (SSSR count). The maximum atomic E-state index is 5.89.